The Morgan fingerprint density at radius 3 is 2.51 bits per heavy atom. The van der Waals surface area contributed by atoms with Crippen molar-refractivity contribution in [1.29, 1.82) is 0 Å². The molecule has 290 valence electrons. The molecule has 0 radical (unpaired) electrons. The highest BCUT2D eigenvalue weighted by Gasteiger charge is 2.55. The van der Waals surface area contributed by atoms with Crippen LogP contribution in [0.5, 0.6) is 0 Å². The van der Waals surface area contributed by atoms with Crippen LogP contribution >= 0.6 is 0 Å². The summed E-state index contributed by atoms with van der Waals surface area (Å²) in [6.45, 7) is 6.46. The smallest absolute Gasteiger partial charge is 0.336 e. The van der Waals surface area contributed by atoms with E-state index in [2.05, 4.69) is 5.32 Å². The molecule has 0 saturated carbocycles. The van der Waals surface area contributed by atoms with Gasteiger partial charge < -0.3 is 49.3 Å². The molecule has 3 aliphatic heterocycles. The van der Waals surface area contributed by atoms with Gasteiger partial charge in [-0.3, -0.25) is 23.7 Å². The lowest BCUT2D eigenvalue weighted by Crippen LogP contribution is -2.53. The van der Waals surface area contributed by atoms with Crippen LogP contribution in [-0.2, 0) is 47.5 Å². The van der Waals surface area contributed by atoms with Gasteiger partial charge in [0.15, 0.2) is 47.8 Å². The first-order valence-corrected chi connectivity index (χ1v) is 16.9. The summed E-state index contributed by atoms with van der Waals surface area (Å²) in [6, 6.07) is 3.71. The molecule has 5 rings (SSSR count). The molecule has 0 bridgehead atoms. The molecule has 0 aliphatic carbocycles. The molecule has 2 fully saturated rings. The van der Waals surface area contributed by atoms with Gasteiger partial charge in [-0.05, 0) is 45.4 Å². The van der Waals surface area contributed by atoms with Gasteiger partial charge >= 0.3 is 11.7 Å². The van der Waals surface area contributed by atoms with Crippen molar-refractivity contribution in [2.24, 2.45) is 5.73 Å². The van der Waals surface area contributed by atoms with Gasteiger partial charge in [-0.1, -0.05) is 19.8 Å². The SMILES string of the molecule is CCCCCC(=O)OC(C)n1c(=O)ccn([C@@H]2O[C@H]([C@@H](O[C@H]3OC(C(=O)Nc4ccc(F)c(F)c4)=C[C@@H]4OC(C)(C)O[C@H]34)C(N)=O)[C@@H](OC)[C@H]2O)c1=O. The maximum Gasteiger partial charge on any atom is 0.336 e. The Morgan fingerprint density at radius 2 is 1.85 bits per heavy atom. The van der Waals surface area contributed by atoms with Crippen molar-refractivity contribution in [3.8, 4) is 0 Å². The van der Waals surface area contributed by atoms with Gasteiger partial charge in [-0.25, -0.2) is 18.1 Å². The van der Waals surface area contributed by atoms with Gasteiger partial charge in [0.1, 0.15) is 24.4 Å². The summed E-state index contributed by atoms with van der Waals surface area (Å²) in [6.07, 6.45) is -8.27. The molecule has 1 aromatic carbocycles. The van der Waals surface area contributed by atoms with Crippen LogP contribution in [0.3, 0.4) is 0 Å². The number of primary amides is 1. The standard InChI is InChI=1S/C34H42F2N4O13/c1-6-7-8-9-23(42)48-16(2)40-22(41)12-13-39(33(40)46)31-24(43)26(47-5)27(50-31)28(29(37)44)51-32-25-20(52-34(3,4)53-25)15-21(49-32)30(45)38-17-10-11-18(35)19(36)14-17/h10-16,20,24-28,31-32,43H,6-9H2,1-5H3,(H2,37,44)(H,38,45)/t16?,20-,24+,25-,26-,27-,28+,31+,32+/m0/s1. The van der Waals surface area contributed by atoms with E-state index in [-0.39, 0.29) is 12.1 Å². The summed E-state index contributed by atoms with van der Waals surface area (Å²) in [5.74, 6) is -6.61. The number of esters is 1. The highest BCUT2D eigenvalue weighted by atomic mass is 19.2. The number of carbonyl (C=O) groups is 3. The Morgan fingerprint density at radius 1 is 1.11 bits per heavy atom. The number of nitrogens with zero attached hydrogens (tertiary/aromatic N) is 2. The van der Waals surface area contributed by atoms with Crippen LogP contribution in [0.1, 0.15) is 65.8 Å². The molecular formula is C34H42F2N4O13. The predicted octanol–water partition coefficient (Wildman–Crippen LogP) is 1.47. The molecule has 4 heterocycles. The molecule has 2 amide bonds. The zero-order valence-electron chi connectivity index (χ0n) is 29.6. The first-order valence-electron chi connectivity index (χ1n) is 16.9. The maximum absolute atomic E-state index is 13.8. The average Bonchev–Trinajstić information content (AvgIpc) is 3.58. The highest BCUT2D eigenvalue weighted by Crippen LogP contribution is 2.39. The number of anilines is 1. The van der Waals surface area contributed by atoms with Crippen LogP contribution < -0.4 is 22.3 Å². The summed E-state index contributed by atoms with van der Waals surface area (Å²) in [5.41, 5.74) is 3.86. The number of aromatic nitrogens is 2. The predicted molar refractivity (Wildman–Crippen MR) is 176 cm³/mol. The van der Waals surface area contributed by atoms with Crippen LogP contribution in [0.25, 0.3) is 0 Å². The fraction of sp³-hybridized carbons (Fsp3) is 0.559. The van der Waals surface area contributed by atoms with E-state index in [9.17, 15) is 37.9 Å². The number of rotatable bonds is 14. The second-order valence-corrected chi connectivity index (χ2v) is 13.1. The number of nitrogens with one attached hydrogen (secondary N) is 1. The number of benzene rings is 1. The van der Waals surface area contributed by atoms with E-state index in [4.69, 9.17) is 38.9 Å². The number of fused-ring (bicyclic) bond motifs is 1. The molecule has 2 aromatic rings. The maximum atomic E-state index is 13.8. The van der Waals surface area contributed by atoms with E-state index in [1.54, 1.807) is 13.8 Å². The number of hydrogen-bond donors (Lipinski definition) is 3. The van der Waals surface area contributed by atoms with Gasteiger partial charge in [0.2, 0.25) is 12.2 Å². The second-order valence-electron chi connectivity index (χ2n) is 13.1. The third-order valence-corrected chi connectivity index (χ3v) is 8.74. The molecule has 17 nitrogen and oxygen atoms in total. The van der Waals surface area contributed by atoms with Crippen molar-refractivity contribution < 1.29 is 61.4 Å². The number of ether oxygens (including phenoxy) is 7. The van der Waals surface area contributed by atoms with Crippen molar-refractivity contribution in [3.63, 3.8) is 0 Å². The normalized spacial score (nSPS) is 27.2. The van der Waals surface area contributed by atoms with Crippen LogP contribution in [-0.4, -0.2) is 87.8 Å². The Bertz CT molecular complexity index is 1850. The van der Waals surface area contributed by atoms with E-state index in [0.717, 1.165) is 47.9 Å². The van der Waals surface area contributed by atoms with E-state index < -0.39 is 108 Å². The molecule has 0 spiro atoms. The van der Waals surface area contributed by atoms with Crippen LogP contribution in [0, 0.1) is 11.6 Å². The van der Waals surface area contributed by atoms with Crippen LogP contribution in [0.2, 0.25) is 0 Å². The van der Waals surface area contributed by atoms with E-state index >= 15 is 0 Å². The Labute approximate surface area is 301 Å². The Balaban J connectivity index is 1.39. The molecule has 9 atom stereocenters. The zero-order valence-corrected chi connectivity index (χ0v) is 29.6. The van der Waals surface area contributed by atoms with Gasteiger partial charge in [-0.15, -0.1) is 0 Å². The summed E-state index contributed by atoms with van der Waals surface area (Å²) in [4.78, 5) is 64.9. The molecule has 19 heteroatoms. The van der Waals surface area contributed by atoms with Gasteiger partial charge in [-0.2, -0.15) is 0 Å². The molecule has 53 heavy (non-hydrogen) atoms. The minimum absolute atomic E-state index is 0.0846. The minimum atomic E-state index is -1.80. The number of aliphatic hydroxyl groups is 1. The van der Waals surface area contributed by atoms with Crippen LogP contribution in [0.4, 0.5) is 14.5 Å². The topological polar surface area (TPSA) is 218 Å². The monoisotopic (exact) mass is 752 g/mol. The van der Waals surface area contributed by atoms with Gasteiger partial charge in [0.05, 0.1) is 0 Å². The molecule has 1 aromatic heterocycles. The van der Waals surface area contributed by atoms with Crippen molar-refractivity contribution >= 4 is 23.5 Å². The number of unbranched alkanes of at least 4 members (excludes halogenated alkanes) is 2. The summed E-state index contributed by atoms with van der Waals surface area (Å²) in [5, 5.41) is 13.7. The second kappa shape index (κ2) is 16.2. The number of aliphatic hydroxyl groups excluding tert-OH is 1. The fourth-order valence-corrected chi connectivity index (χ4v) is 6.27. The number of carbonyl (C=O) groups excluding carboxylic acids is 3. The van der Waals surface area contributed by atoms with E-state index in [1.165, 1.54) is 20.1 Å². The lowest BCUT2D eigenvalue weighted by atomic mass is 10.0. The van der Waals surface area contributed by atoms with Crippen LogP contribution in [0.15, 0.2) is 51.9 Å². The first-order chi connectivity index (χ1) is 25.0. The van der Waals surface area contributed by atoms with Crippen molar-refractivity contribution in [1.82, 2.24) is 9.13 Å². The minimum Gasteiger partial charge on any atom is -0.456 e. The number of hydrogen-bond acceptors (Lipinski definition) is 13. The number of halogens is 2. The molecule has 3 aliphatic rings. The van der Waals surface area contributed by atoms with Crippen molar-refractivity contribution in [3.05, 3.63) is 74.8 Å². The highest BCUT2D eigenvalue weighted by molar-refractivity contribution is 6.02. The lowest BCUT2D eigenvalue weighted by molar-refractivity contribution is -0.241. The summed E-state index contributed by atoms with van der Waals surface area (Å²) >= 11 is 0. The quantitative estimate of drug-likeness (QED) is 0.184. The first kappa shape index (κ1) is 39.7. The zero-order chi connectivity index (χ0) is 38.8. The Hall–Kier alpha value is -4.53. The average molecular weight is 753 g/mol. The Kier molecular flexibility index (Phi) is 12.1. The fourth-order valence-electron chi connectivity index (χ4n) is 6.27. The summed E-state index contributed by atoms with van der Waals surface area (Å²) < 4.78 is 69.3. The number of nitrogens with two attached hydrogens (primary N) is 1. The number of methoxy groups -OCH3 is 1. The van der Waals surface area contributed by atoms with Crippen molar-refractivity contribution in [2.75, 3.05) is 12.4 Å². The van der Waals surface area contributed by atoms with E-state index in [1.807, 2.05) is 6.92 Å². The lowest BCUT2D eigenvalue weighted by Gasteiger charge is -2.34. The third-order valence-electron chi connectivity index (χ3n) is 8.74. The van der Waals surface area contributed by atoms with Crippen molar-refractivity contribution in [2.45, 2.75) is 115 Å². The molecule has 4 N–H and O–H groups in total. The van der Waals surface area contributed by atoms with Gasteiger partial charge in [0, 0.05) is 37.5 Å². The summed E-state index contributed by atoms with van der Waals surface area (Å²) in [7, 11) is 1.20. The largest absolute Gasteiger partial charge is 0.456 e. The van der Waals surface area contributed by atoms with Gasteiger partial charge in [0.25, 0.3) is 11.5 Å². The number of amides is 2. The molecule has 1 unspecified atom stereocenters. The molecule has 2 saturated heterocycles. The molecular weight excluding hydrogens is 710 g/mol. The third kappa shape index (κ3) is 8.66. The van der Waals surface area contributed by atoms with E-state index in [0.29, 0.717) is 11.0 Å².